The zero-order chi connectivity index (χ0) is 22.1. The van der Waals surface area contributed by atoms with E-state index in [1.54, 1.807) is 0 Å². The molecule has 0 aliphatic rings. The highest BCUT2D eigenvalue weighted by Crippen LogP contribution is 2.13. The molecule has 0 aromatic rings. The molecule has 180 valence electrons. The van der Waals surface area contributed by atoms with E-state index in [2.05, 4.69) is 26.1 Å². The van der Waals surface area contributed by atoms with Gasteiger partial charge in [0.2, 0.25) is 5.91 Å². The lowest BCUT2D eigenvalue weighted by Crippen LogP contribution is -2.32. The summed E-state index contributed by atoms with van der Waals surface area (Å²) >= 11 is 0. The molecule has 0 fully saturated rings. The number of carbonyl (C=O) groups excluding carboxylic acids is 1. The maximum absolute atomic E-state index is 12.1. The summed E-state index contributed by atoms with van der Waals surface area (Å²) in [6, 6.07) is 0.347. The first kappa shape index (κ1) is 29.5. The summed E-state index contributed by atoms with van der Waals surface area (Å²) in [7, 11) is 0. The van der Waals surface area contributed by atoms with E-state index in [1.807, 2.05) is 0 Å². The molecule has 0 saturated carbocycles. The molecule has 1 atom stereocenters. The van der Waals surface area contributed by atoms with Crippen molar-refractivity contribution in [1.29, 1.82) is 0 Å². The monoisotopic (exact) mass is 423 g/mol. The first-order valence-corrected chi connectivity index (χ1v) is 14.0. The minimum atomic E-state index is 0.269. The van der Waals surface area contributed by atoms with Gasteiger partial charge in [-0.2, -0.15) is 0 Å². The molecule has 0 saturated heterocycles. The van der Waals surface area contributed by atoms with Gasteiger partial charge in [0.1, 0.15) is 0 Å². The van der Waals surface area contributed by atoms with Crippen LogP contribution in [0.4, 0.5) is 0 Å². The number of carbonyl (C=O) groups is 1. The molecule has 0 aliphatic heterocycles. The Hall–Kier alpha value is -0.530. The predicted molar refractivity (Wildman–Crippen MR) is 135 cm³/mol. The number of rotatable bonds is 24. The standard InChI is InChI=1S/C28H57NO/c1-4-6-8-10-12-14-16-18-20-22-24-26-28(30)29-27(3)25-23-21-19-17-15-13-11-9-7-5-2/h27H,4-26H2,1-3H3,(H,29,30). The average molecular weight is 424 g/mol. The molecule has 1 unspecified atom stereocenters. The van der Waals surface area contributed by atoms with Gasteiger partial charge in [0.05, 0.1) is 0 Å². The third-order valence-electron chi connectivity index (χ3n) is 6.41. The Labute approximate surface area is 190 Å². The summed E-state index contributed by atoms with van der Waals surface area (Å²) in [6.07, 6.45) is 30.4. The van der Waals surface area contributed by atoms with Crippen molar-refractivity contribution in [3.8, 4) is 0 Å². The van der Waals surface area contributed by atoms with E-state index < -0.39 is 0 Å². The quantitative estimate of drug-likeness (QED) is 0.154. The van der Waals surface area contributed by atoms with Gasteiger partial charge in [0, 0.05) is 12.5 Å². The number of hydrogen-bond donors (Lipinski definition) is 1. The topological polar surface area (TPSA) is 29.1 Å². The van der Waals surface area contributed by atoms with Crippen LogP contribution in [0.3, 0.4) is 0 Å². The van der Waals surface area contributed by atoms with Crippen molar-refractivity contribution in [2.24, 2.45) is 0 Å². The molecule has 0 aliphatic carbocycles. The van der Waals surface area contributed by atoms with Gasteiger partial charge in [-0.15, -0.1) is 0 Å². The van der Waals surface area contributed by atoms with Gasteiger partial charge in [-0.05, 0) is 19.8 Å². The van der Waals surface area contributed by atoms with Crippen LogP contribution in [0.5, 0.6) is 0 Å². The molecule has 1 amide bonds. The Morgan fingerprint density at radius 2 is 0.867 bits per heavy atom. The summed E-state index contributed by atoms with van der Waals surface area (Å²) in [5, 5.41) is 3.21. The van der Waals surface area contributed by atoms with Gasteiger partial charge in [-0.25, -0.2) is 0 Å². The normalized spacial score (nSPS) is 12.2. The summed E-state index contributed by atoms with van der Waals surface area (Å²) in [6.45, 7) is 6.73. The van der Waals surface area contributed by atoms with Gasteiger partial charge in [0.15, 0.2) is 0 Å². The highest BCUT2D eigenvalue weighted by Gasteiger charge is 2.07. The van der Waals surface area contributed by atoms with Gasteiger partial charge in [-0.1, -0.05) is 142 Å². The lowest BCUT2D eigenvalue weighted by atomic mass is 10.0. The van der Waals surface area contributed by atoms with Crippen LogP contribution in [0.25, 0.3) is 0 Å². The molecular weight excluding hydrogens is 366 g/mol. The van der Waals surface area contributed by atoms with Crippen molar-refractivity contribution >= 4 is 5.91 Å². The molecule has 0 aromatic carbocycles. The number of amides is 1. The second-order valence-corrected chi connectivity index (χ2v) is 9.72. The van der Waals surface area contributed by atoms with Crippen LogP contribution in [-0.2, 0) is 4.79 Å². The molecule has 30 heavy (non-hydrogen) atoms. The molecule has 1 N–H and O–H groups in total. The average Bonchev–Trinajstić information content (AvgIpc) is 2.73. The van der Waals surface area contributed by atoms with Gasteiger partial charge < -0.3 is 5.32 Å². The number of nitrogens with one attached hydrogen (secondary N) is 1. The zero-order valence-corrected chi connectivity index (χ0v) is 21.2. The maximum atomic E-state index is 12.1. The molecule has 0 aromatic heterocycles. The molecule has 2 nitrogen and oxygen atoms in total. The first-order chi connectivity index (χ1) is 14.7. The highest BCUT2D eigenvalue weighted by molar-refractivity contribution is 5.76. The molecule has 0 radical (unpaired) electrons. The van der Waals surface area contributed by atoms with E-state index in [0.717, 1.165) is 19.3 Å². The van der Waals surface area contributed by atoms with E-state index in [1.165, 1.54) is 128 Å². The van der Waals surface area contributed by atoms with Gasteiger partial charge in [0.25, 0.3) is 0 Å². The summed E-state index contributed by atoms with van der Waals surface area (Å²) < 4.78 is 0. The Kier molecular flexibility index (Phi) is 24.3. The van der Waals surface area contributed by atoms with Crippen LogP contribution < -0.4 is 5.32 Å². The van der Waals surface area contributed by atoms with E-state index in [9.17, 15) is 4.79 Å². The Balaban J connectivity index is 3.30. The van der Waals surface area contributed by atoms with E-state index in [-0.39, 0.29) is 5.91 Å². The van der Waals surface area contributed by atoms with Crippen LogP contribution in [-0.4, -0.2) is 11.9 Å². The van der Waals surface area contributed by atoms with Crippen LogP contribution in [0.15, 0.2) is 0 Å². The van der Waals surface area contributed by atoms with Crippen molar-refractivity contribution in [3.63, 3.8) is 0 Å². The van der Waals surface area contributed by atoms with Gasteiger partial charge in [-0.3, -0.25) is 4.79 Å². The summed E-state index contributed by atoms with van der Waals surface area (Å²) in [5.74, 6) is 0.269. The Morgan fingerprint density at radius 3 is 1.27 bits per heavy atom. The molecule has 0 rings (SSSR count). The van der Waals surface area contributed by atoms with Crippen molar-refractivity contribution in [1.82, 2.24) is 5.32 Å². The van der Waals surface area contributed by atoms with E-state index in [4.69, 9.17) is 0 Å². The third kappa shape index (κ3) is 23.7. The minimum Gasteiger partial charge on any atom is -0.354 e. The summed E-state index contributed by atoms with van der Waals surface area (Å²) in [5.41, 5.74) is 0. The Morgan fingerprint density at radius 1 is 0.533 bits per heavy atom. The van der Waals surface area contributed by atoms with Crippen LogP contribution >= 0.6 is 0 Å². The molecular formula is C28H57NO. The lowest BCUT2D eigenvalue weighted by molar-refractivity contribution is -0.121. The second kappa shape index (κ2) is 24.7. The third-order valence-corrected chi connectivity index (χ3v) is 6.41. The molecule has 0 bridgehead atoms. The van der Waals surface area contributed by atoms with Crippen molar-refractivity contribution in [2.45, 2.75) is 174 Å². The van der Waals surface area contributed by atoms with Crippen LogP contribution in [0.1, 0.15) is 168 Å². The van der Waals surface area contributed by atoms with Crippen molar-refractivity contribution < 1.29 is 4.79 Å². The minimum absolute atomic E-state index is 0.269. The largest absolute Gasteiger partial charge is 0.354 e. The van der Waals surface area contributed by atoms with E-state index >= 15 is 0 Å². The van der Waals surface area contributed by atoms with Crippen molar-refractivity contribution in [3.05, 3.63) is 0 Å². The fraction of sp³-hybridized carbons (Fsp3) is 0.964. The number of hydrogen-bond acceptors (Lipinski definition) is 1. The van der Waals surface area contributed by atoms with Crippen molar-refractivity contribution in [2.75, 3.05) is 0 Å². The smallest absolute Gasteiger partial charge is 0.220 e. The molecule has 2 heteroatoms. The fourth-order valence-corrected chi connectivity index (χ4v) is 4.31. The number of unbranched alkanes of at least 4 members (excludes halogenated alkanes) is 19. The summed E-state index contributed by atoms with van der Waals surface area (Å²) in [4.78, 5) is 12.1. The van der Waals surface area contributed by atoms with Crippen LogP contribution in [0, 0.1) is 0 Å². The second-order valence-electron chi connectivity index (χ2n) is 9.72. The Bertz CT molecular complexity index is 342. The lowest BCUT2D eigenvalue weighted by Gasteiger charge is -2.13. The predicted octanol–water partition coefficient (Wildman–Crippen LogP) is 9.50. The SMILES string of the molecule is CCCCCCCCCCCCCC(=O)NC(C)CCCCCCCCCCCC. The fourth-order valence-electron chi connectivity index (χ4n) is 4.31. The molecule has 0 spiro atoms. The molecule has 0 heterocycles. The first-order valence-electron chi connectivity index (χ1n) is 14.0. The highest BCUT2D eigenvalue weighted by atomic mass is 16.1. The zero-order valence-electron chi connectivity index (χ0n) is 21.2. The van der Waals surface area contributed by atoms with Crippen LogP contribution in [0.2, 0.25) is 0 Å². The van der Waals surface area contributed by atoms with E-state index in [0.29, 0.717) is 6.04 Å². The van der Waals surface area contributed by atoms with Gasteiger partial charge >= 0.3 is 0 Å². The maximum Gasteiger partial charge on any atom is 0.220 e.